The predicted molar refractivity (Wildman–Crippen MR) is 81.0 cm³/mol. The third-order valence-corrected chi connectivity index (χ3v) is 3.26. The molecule has 0 radical (unpaired) electrons. The molecule has 1 N–H and O–H groups in total. The van der Waals surface area contributed by atoms with Gasteiger partial charge in [0.15, 0.2) is 0 Å². The summed E-state index contributed by atoms with van der Waals surface area (Å²) in [5.41, 5.74) is 2.33. The lowest BCUT2D eigenvalue weighted by molar-refractivity contribution is -0.384. The first kappa shape index (κ1) is 15.1. The van der Waals surface area contributed by atoms with Crippen LogP contribution in [0.1, 0.15) is 11.1 Å². The fourth-order valence-corrected chi connectivity index (χ4v) is 2.21. The Kier molecular flexibility index (Phi) is 4.59. The van der Waals surface area contributed by atoms with Crippen molar-refractivity contribution in [2.75, 3.05) is 12.4 Å². The number of hydrogen-bond acceptors (Lipinski definition) is 5. The standard InChI is InChI=1S/C14H14ClN3O3/c1-9-5-11(18(19)20)6-12(15)14(9)17-8-10-3-4-13(21-2)16-7-10/h3-7,17H,8H2,1-2H3. The first-order valence-electron chi connectivity index (χ1n) is 6.18. The molecule has 110 valence electrons. The average Bonchev–Trinajstić information content (AvgIpc) is 2.46. The number of non-ortho nitro benzene ring substituents is 1. The van der Waals surface area contributed by atoms with E-state index in [0.29, 0.717) is 23.1 Å². The van der Waals surface area contributed by atoms with Crippen molar-refractivity contribution in [2.24, 2.45) is 0 Å². The molecule has 21 heavy (non-hydrogen) atoms. The summed E-state index contributed by atoms with van der Waals surface area (Å²) in [6.45, 7) is 2.28. The topological polar surface area (TPSA) is 77.3 Å². The van der Waals surface area contributed by atoms with Crippen molar-refractivity contribution in [3.8, 4) is 5.88 Å². The van der Waals surface area contributed by atoms with Crippen LogP contribution in [-0.4, -0.2) is 17.0 Å². The minimum Gasteiger partial charge on any atom is -0.481 e. The van der Waals surface area contributed by atoms with E-state index in [1.807, 2.05) is 6.07 Å². The van der Waals surface area contributed by atoms with Gasteiger partial charge in [0, 0.05) is 30.9 Å². The summed E-state index contributed by atoms with van der Waals surface area (Å²) < 4.78 is 4.99. The molecule has 0 unspecified atom stereocenters. The fraction of sp³-hybridized carbons (Fsp3) is 0.214. The normalized spacial score (nSPS) is 10.2. The number of halogens is 1. The zero-order valence-electron chi connectivity index (χ0n) is 11.6. The molecule has 0 aliphatic rings. The van der Waals surface area contributed by atoms with Gasteiger partial charge in [-0.3, -0.25) is 10.1 Å². The lowest BCUT2D eigenvalue weighted by Gasteiger charge is -2.11. The quantitative estimate of drug-likeness (QED) is 0.675. The molecule has 0 atom stereocenters. The van der Waals surface area contributed by atoms with Crippen molar-refractivity contribution in [3.05, 3.63) is 56.7 Å². The summed E-state index contributed by atoms with van der Waals surface area (Å²) in [6, 6.07) is 6.47. The largest absolute Gasteiger partial charge is 0.481 e. The lowest BCUT2D eigenvalue weighted by atomic mass is 10.1. The number of anilines is 1. The second-order valence-electron chi connectivity index (χ2n) is 4.44. The summed E-state index contributed by atoms with van der Waals surface area (Å²) in [7, 11) is 1.56. The molecule has 0 bridgehead atoms. The van der Waals surface area contributed by atoms with Crippen LogP contribution in [0.2, 0.25) is 5.02 Å². The number of pyridine rings is 1. The highest BCUT2D eigenvalue weighted by molar-refractivity contribution is 6.33. The highest BCUT2D eigenvalue weighted by atomic mass is 35.5. The first-order valence-corrected chi connectivity index (χ1v) is 6.56. The molecule has 7 heteroatoms. The van der Waals surface area contributed by atoms with Crippen LogP contribution in [-0.2, 0) is 6.54 Å². The van der Waals surface area contributed by atoms with E-state index in [1.165, 1.54) is 12.1 Å². The Labute approximate surface area is 126 Å². The zero-order chi connectivity index (χ0) is 15.4. The smallest absolute Gasteiger partial charge is 0.271 e. The summed E-state index contributed by atoms with van der Waals surface area (Å²) in [5.74, 6) is 0.545. The van der Waals surface area contributed by atoms with E-state index in [4.69, 9.17) is 16.3 Å². The van der Waals surface area contributed by atoms with Crippen LogP contribution in [0.4, 0.5) is 11.4 Å². The molecule has 0 aliphatic carbocycles. The van der Waals surface area contributed by atoms with Crippen molar-refractivity contribution in [1.82, 2.24) is 4.98 Å². The second-order valence-corrected chi connectivity index (χ2v) is 4.85. The molecule has 0 saturated heterocycles. The number of nitro groups is 1. The molecule has 0 fully saturated rings. The first-order chi connectivity index (χ1) is 10.0. The van der Waals surface area contributed by atoms with Crippen LogP contribution in [0.25, 0.3) is 0 Å². The molecule has 1 aromatic carbocycles. The number of hydrogen-bond donors (Lipinski definition) is 1. The minimum absolute atomic E-state index is 0.0193. The van der Waals surface area contributed by atoms with Gasteiger partial charge in [-0.1, -0.05) is 17.7 Å². The third kappa shape index (κ3) is 3.61. The van der Waals surface area contributed by atoms with Gasteiger partial charge in [-0.15, -0.1) is 0 Å². The van der Waals surface area contributed by atoms with Crippen LogP contribution >= 0.6 is 11.6 Å². The van der Waals surface area contributed by atoms with E-state index in [9.17, 15) is 10.1 Å². The number of aryl methyl sites for hydroxylation is 1. The fourth-order valence-electron chi connectivity index (χ4n) is 1.88. The van der Waals surface area contributed by atoms with Crippen molar-refractivity contribution >= 4 is 23.0 Å². The number of ether oxygens (including phenoxy) is 1. The van der Waals surface area contributed by atoms with Gasteiger partial charge < -0.3 is 10.1 Å². The number of nitro benzene ring substituents is 1. The maximum absolute atomic E-state index is 10.8. The highest BCUT2D eigenvalue weighted by Crippen LogP contribution is 2.31. The van der Waals surface area contributed by atoms with Crippen LogP contribution in [0.3, 0.4) is 0 Å². The SMILES string of the molecule is COc1ccc(CNc2c(C)cc([N+](=O)[O-])cc2Cl)cn1. The molecule has 0 spiro atoms. The molecular formula is C14H14ClN3O3. The summed E-state index contributed by atoms with van der Waals surface area (Å²) in [6.07, 6.45) is 1.69. The Hall–Kier alpha value is -2.34. The van der Waals surface area contributed by atoms with Crippen molar-refractivity contribution < 1.29 is 9.66 Å². The number of benzene rings is 1. The van der Waals surface area contributed by atoms with E-state index in [0.717, 1.165) is 11.1 Å². The minimum atomic E-state index is -0.462. The molecule has 1 heterocycles. The number of aromatic nitrogens is 1. The number of nitrogens with one attached hydrogen (secondary N) is 1. The number of rotatable bonds is 5. The van der Waals surface area contributed by atoms with Gasteiger partial charge in [-0.05, 0) is 18.1 Å². The van der Waals surface area contributed by atoms with Crippen LogP contribution in [0.15, 0.2) is 30.5 Å². The zero-order valence-corrected chi connectivity index (χ0v) is 12.3. The lowest BCUT2D eigenvalue weighted by Crippen LogP contribution is -2.03. The van der Waals surface area contributed by atoms with E-state index in [2.05, 4.69) is 10.3 Å². The molecule has 2 rings (SSSR count). The van der Waals surface area contributed by atoms with Gasteiger partial charge in [0.05, 0.1) is 22.7 Å². The second kappa shape index (κ2) is 6.41. The molecule has 2 aromatic rings. The Bertz CT molecular complexity index is 636. The number of methoxy groups -OCH3 is 1. The van der Waals surface area contributed by atoms with Gasteiger partial charge >= 0.3 is 0 Å². The van der Waals surface area contributed by atoms with Gasteiger partial charge in [0.25, 0.3) is 5.69 Å². The summed E-state index contributed by atoms with van der Waals surface area (Å²) >= 11 is 6.09. The summed E-state index contributed by atoms with van der Waals surface area (Å²) in [4.78, 5) is 14.4. The molecular weight excluding hydrogens is 294 g/mol. The van der Waals surface area contributed by atoms with E-state index in [1.54, 1.807) is 26.3 Å². The van der Waals surface area contributed by atoms with Crippen molar-refractivity contribution in [2.45, 2.75) is 13.5 Å². The van der Waals surface area contributed by atoms with E-state index >= 15 is 0 Å². The third-order valence-electron chi connectivity index (χ3n) is 2.96. The highest BCUT2D eigenvalue weighted by Gasteiger charge is 2.13. The molecule has 0 amide bonds. The molecule has 6 nitrogen and oxygen atoms in total. The van der Waals surface area contributed by atoms with Crippen LogP contribution in [0.5, 0.6) is 5.88 Å². The van der Waals surface area contributed by atoms with Gasteiger partial charge in [0.1, 0.15) is 0 Å². The van der Waals surface area contributed by atoms with Crippen LogP contribution < -0.4 is 10.1 Å². The Morgan fingerprint density at radius 2 is 2.19 bits per heavy atom. The number of nitrogens with zero attached hydrogens (tertiary/aromatic N) is 2. The Morgan fingerprint density at radius 3 is 2.71 bits per heavy atom. The van der Waals surface area contributed by atoms with E-state index in [-0.39, 0.29) is 5.69 Å². The summed E-state index contributed by atoms with van der Waals surface area (Å²) in [5, 5.41) is 14.3. The predicted octanol–water partition coefficient (Wildman–Crippen LogP) is 3.57. The Morgan fingerprint density at radius 1 is 1.43 bits per heavy atom. The maximum atomic E-state index is 10.8. The maximum Gasteiger partial charge on any atom is 0.271 e. The van der Waals surface area contributed by atoms with Crippen LogP contribution in [0, 0.1) is 17.0 Å². The molecule has 1 aromatic heterocycles. The van der Waals surface area contributed by atoms with E-state index < -0.39 is 4.92 Å². The Balaban J connectivity index is 2.14. The van der Waals surface area contributed by atoms with Gasteiger partial charge in [-0.25, -0.2) is 4.98 Å². The monoisotopic (exact) mass is 307 g/mol. The van der Waals surface area contributed by atoms with Crippen molar-refractivity contribution in [1.29, 1.82) is 0 Å². The molecule has 0 aliphatic heterocycles. The van der Waals surface area contributed by atoms with Gasteiger partial charge in [-0.2, -0.15) is 0 Å². The van der Waals surface area contributed by atoms with Crippen molar-refractivity contribution in [3.63, 3.8) is 0 Å². The van der Waals surface area contributed by atoms with Gasteiger partial charge in [0.2, 0.25) is 5.88 Å². The average molecular weight is 308 g/mol. The molecule has 0 saturated carbocycles.